The van der Waals surface area contributed by atoms with E-state index in [-0.39, 0.29) is 6.29 Å². The molecule has 4 heteroatoms. The van der Waals surface area contributed by atoms with E-state index in [0.717, 1.165) is 24.0 Å². The molecule has 0 N–H and O–H groups in total. The van der Waals surface area contributed by atoms with Crippen molar-refractivity contribution in [2.45, 2.75) is 46.0 Å². The van der Waals surface area contributed by atoms with Gasteiger partial charge in [0.15, 0.2) is 12.4 Å². The zero-order valence-corrected chi connectivity index (χ0v) is 11.8. The molecule has 1 rings (SSSR count). The Balaban J connectivity index is 2.43. The number of hydrogen-bond donors (Lipinski definition) is 0. The second-order valence-corrected chi connectivity index (χ2v) is 4.29. The Hall–Kier alpha value is -1.57. The number of hydrogen-bond acceptors (Lipinski definition) is 4. The van der Waals surface area contributed by atoms with E-state index in [1.165, 1.54) is 0 Å². The first-order valence-corrected chi connectivity index (χ1v) is 6.51. The molecule has 1 heterocycles. The van der Waals surface area contributed by atoms with Crippen molar-refractivity contribution < 1.29 is 13.9 Å². The predicted octanol–water partition coefficient (Wildman–Crippen LogP) is 3.45. The third-order valence-corrected chi connectivity index (χ3v) is 2.74. The van der Waals surface area contributed by atoms with Crippen LogP contribution >= 0.6 is 0 Å². The standard InChI is InChI=1S/C15H21NO3/c1-4-18-13(3)19-15(10-16)12(2)6-5-7-14-8-9-17-11-14/h6,8-9,11,13,15H,4-5,7H2,1-3H3/b12-6+. The third kappa shape index (κ3) is 5.73. The predicted molar refractivity (Wildman–Crippen MR) is 72.4 cm³/mol. The van der Waals surface area contributed by atoms with Crippen molar-refractivity contribution in [3.05, 3.63) is 35.8 Å². The Morgan fingerprint density at radius 2 is 2.37 bits per heavy atom. The molecule has 0 aliphatic carbocycles. The molecule has 4 nitrogen and oxygen atoms in total. The number of aryl methyl sites for hydroxylation is 1. The minimum absolute atomic E-state index is 0.369. The van der Waals surface area contributed by atoms with Crippen LogP contribution in [-0.2, 0) is 15.9 Å². The second-order valence-electron chi connectivity index (χ2n) is 4.29. The number of allylic oxidation sites excluding steroid dienone is 1. The minimum atomic E-state index is -0.550. The van der Waals surface area contributed by atoms with Crippen molar-refractivity contribution in [3.8, 4) is 6.07 Å². The molecule has 0 saturated heterocycles. The smallest absolute Gasteiger partial charge is 0.167 e. The van der Waals surface area contributed by atoms with Gasteiger partial charge in [-0.25, -0.2) is 0 Å². The highest BCUT2D eigenvalue weighted by Crippen LogP contribution is 2.12. The normalized spacial score (nSPS) is 14.9. The summed E-state index contributed by atoms with van der Waals surface area (Å²) >= 11 is 0. The van der Waals surface area contributed by atoms with Gasteiger partial charge in [-0.1, -0.05) is 6.08 Å². The first-order valence-electron chi connectivity index (χ1n) is 6.51. The van der Waals surface area contributed by atoms with Crippen molar-refractivity contribution in [1.29, 1.82) is 5.26 Å². The largest absolute Gasteiger partial charge is 0.472 e. The molecular formula is C15H21NO3. The highest BCUT2D eigenvalue weighted by molar-refractivity contribution is 5.15. The van der Waals surface area contributed by atoms with E-state index in [1.807, 2.05) is 26.0 Å². The van der Waals surface area contributed by atoms with Crippen molar-refractivity contribution in [3.63, 3.8) is 0 Å². The van der Waals surface area contributed by atoms with Crippen LogP contribution in [0.2, 0.25) is 0 Å². The fraction of sp³-hybridized carbons (Fsp3) is 0.533. The molecule has 0 bridgehead atoms. The van der Waals surface area contributed by atoms with E-state index in [1.54, 1.807) is 19.5 Å². The van der Waals surface area contributed by atoms with Crippen molar-refractivity contribution in [2.75, 3.05) is 6.61 Å². The monoisotopic (exact) mass is 263 g/mol. The Bertz CT molecular complexity index is 417. The molecule has 104 valence electrons. The first-order chi connectivity index (χ1) is 9.17. The van der Waals surface area contributed by atoms with Gasteiger partial charge in [0.1, 0.15) is 0 Å². The fourth-order valence-corrected chi connectivity index (χ4v) is 1.71. The summed E-state index contributed by atoms with van der Waals surface area (Å²) < 4.78 is 15.8. The molecule has 1 aromatic heterocycles. The van der Waals surface area contributed by atoms with E-state index in [9.17, 15) is 0 Å². The van der Waals surface area contributed by atoms with Crippen LogP contribution in [0.3, 0.4) is 0 Å². The van der Waals surface area contributed by atoms with Crippen LogP contribution in [0, 0.1) is 11.3 Å². The number of nitriles is 1. The van der Waals surface area contributed by atoms with Crippen molar-refractivity contribution in [2.24, 2.45) is 0 Å². The summed E-state index contributed by atoms with van der Waals surface area (Å²) in [7, 11) is 0. The van der Waals surface area contributed by atoms with Gasteiger partial charge in [-0.2, -0.15) is 5.26 Å². The van der Waals surface area contributed by atoms with Crippen LogP contribution in [0.1, 0.15) is 32.8 Å². The lowest BCUT2D eigenvalue weighted by molar-refractivity contribution is -0.136. The summed E-state index contributed by atoms with van der Waals surface area (Å²) in [5.41, 5.74) is 2.07. The summed E-state index contributed by atoms with van der Waals surface area (Å²) in [6.07, 6.45) is 6.26. The molecule has 0 spiro atoms. The maximum atomic E-state index is 9.11. The highest BCUT2D eigenvalue weighted by Gasteiger charge is 2.14. The summed E-state index contributed by atoms with van der Waals surface area (Å²) in [4.78, 5) is 0. The van der Waals surface area contributed by atoms with Gasteiger partial charge in [0.2, 0.25) is 0 Å². The average Bonchev–Trinajstić information content (AvgIpc) is 2.89. The fourth-order valence-electron chi connectivity index (χ4n) is 1.71. The zero-order valence-electron chi connectivity index (χ0n) is 11.8. The average molecular weight is 263 g/mol. The molecular weight excluding hydrogens is 242 g/mol. The SMILES string of the molecule is CCOC(C)OC(C#N)/C(C)=C/CCc1ccoc1. The molecule has 0 aliphatic heterocycles. The van der Waals surface area contributed by atoms with Crippen LogP contribution in [0.5, 0.6) is 0 Å². The lowest BCUT2D eigenvalue weighted by atomic mass is 10.1. The van der Waals surface area contributed by atoms with E-state index in [0.29, 0.717) is 6.61 Å². The van der Waals surface area contributed by atoms with Gasteiger partial charge in [-0.05, 0) is 50.8 Å². The highest BCUT2D eigenvalue weighted by atomic mass is 16.7. The number of ether oxygens (including phenoxy) is 2. The lowest BCUT2D eigenvalue weighted by Gasteiger charge is -2.17. The van der Waals surface area contributed by atoms with Gasteiger partial charge in [-0.15, -0.1) is 0 Å². The lowest BCUT2D eigenvalue weighted by Crippen LogP contribution is -2.22. The molecule has 0 radical (unpaired) electrons. The molecule has 0 amide bonds. The van der Waals surface area contributed by atoms with Crippen molar-refractivity contribution in [1.82, 2.24) is 0 Å². The number of furan rings is 1. The van der Waals surface area contributed by atoms with E-state index in [2.05, 4.69) is 6.07 Å². The summed E-state index contributed by atoms with van der Waals surface area (Å²) in [6.45, 7) is 6.17. The Morgan fingerprint density at radius 3 is 2.95 bits per heavy atom. The topological polar surface area (TPSA) is 55.4 Å². The van der Waals surface area contributed by atoms with Gasteiger partial charge in [0.05, 0.1) is 18.6 Å². The molecule has 0 saturated carbocycles. The van der Waals surface area contributed by atoms with Crippen LogP contribution in [0.15, 0.2) is 34.7 Å². The molecule has 0 aliphatic rings. The first kappa shape index (κ1) is 15.5. The maximum Gasteiger partial charge on any atom is 0.167 e. The van der Waals surface area contributed by atoms with Crippen LogP contribution in [0.4, 0.5) is 0 Å². The molecule has 0 fully saturated rings. The number of rotatable bonds is 8. The second kappa shape index (κ2) is 8.52. The minimum Gasteiger partial charge on any atom is -0.472 e. The van der Waals surface area contributed by atoms with Crippen LogP contribution < -0.4 is 0 Å². The van der Waals surface area contributed by atoms with Gasteiger partial charge in [0, 0.05) is 6.61 Å². The van der Waals surface area contributed by atoms with E-state index < -0.39 is 6.10 Å². The Labute approximate surface area is 114 Å². The summed E-state index contributed by atoms with van der Waals surface area (Å²) in [5, 5.41) is 9.11. The van der Waals surface area contributed by atoms with Crippen LogP contribution in [-0.4, -0.2) is 19.0 Å². The molecule has 19 heavy (non-hydrogen) atoms. The number of nitrogens with zero attached hydrogens (tertiary/aromatic N) is 1. The van der Waals surface area contributed by atoms with Crippen molar-refractivity contribution >= 4 is 0 Å². The summed E-state index contributed by atoms with van der Waals surface area (Å²) in [5.74, 6) is 0. The van der Waals surface area contributed by atoms with Crippen LogP contribution in [0.25, 0.3) is 0 Å². The zero-order chi connectivity index (χ0) is 14.1. The Kier molecular flexibility index (Phi) is 6.94. The molecule has 0 aromatic carbocycles. The van der Waals surface area contributed by atoms with Gasteiger partial charge in [-0.3, -0.25) is 0 Å². The quantitative estimate of drug-likeness (QED) is 0.532. The molecule has 1 aromatic rings. The van der Waals surface area contributed by atoms with E-state index >= 15 is 0 Å². The van der Waals surface area contributed by atoms with Gasteiger partial charge >= 0.3 is 0 Å². The summed E-state index contributed by atoms with van der Waals surface area (Å²) in [6, 6.07) is 4.09. The third-order valence-electron chi connectivity index (χ3n) is 2.74. The Morgan fingerprint density at radius 1 is 1.58 bits per heavy atom. The van der Waals surface area contributed by atoms with Gasteiger partial charge < -0.3 is 13.9 Å². The maximum absolute atomic E-state index is 9.11. The van der Waals surface area contributed by atoms with E-state index in [4.69, 9.17) is 19.2 Å². The van der Waals surface area contributed by atoms with Gasteiger partial charge in [0.25, 0.3) is 0 Å². The molecule has 2 unspecified atom stereocenters. The molecule has 2 atom stereocenters.